The number of carbonyl (C=O) groups is 1. The third-order valence-electron chi connectivity index (χ3n) is 3.44. The number of hydrogen-bond donors (Lipinski definition) is 1. The topological polar surface area (TPSA) is 32.3 Å². The van der Waals surface area contributed by atoms with E-state index in [4.69, 9.17) is 0 Å². The van der Waals surface area contributed by atoms with Crippen LogP contribution in [0.4, 0.5) is 0 Å². The molecule has 16 heavy (non-hydrogen) atoms. The van der Waals surface area contributed by atoms with Gasteiger partial charge in [0.1, 0.15) is 0 Å². The highest BCUT2D eigenvalue weighted by Gasteiger charge is 2.37. The molecule has 0 aromatic rings. The van der Waals surface area contributed by atoms with E-state index in [-0.39, 0.29) is 11.4 Å². The molecule has 0 bridgehead atoms. The summed E-state index contributed by atoms with van der Waals surface area (Å²) in [6.45, 7) is 11.3. The van der Waals surface area contributed by atoms with Crippen molar-refractivity contribution in [1.29, 1.82) is 0 Å². The molecule has 1 N–H and O–H groups in total. The molecule has 1 amide bonds. The highest BCUT2D eigenvalue weighted by molar-refractivity contribution is 5.74. The Morgan fingerprint density at radius 1 is 1.50 bits per heavy atom. The van der Waals surface area contributed by atoms with Gasteiger partial charge in [-0.05, 0) is 33.1 Å². The first-order chi connectivity index (χ1) is 7.34. The standard InChI is InChI=1S/C13H26N2O/c1-10(2)14-9-12-7-6-8-13(4,5)15(12)11(3)16/h10,12,14H,6-9H2,1-5H3. The quantitative estimate of drug-likeness (QED) is 0.800. The Hall–Kier alpha value is -0.570. The Balaban J connectivity index is 2.69. The Morgan fingerprint density at radius 2 is 2.12 bits per heavy atom. The monoisotopic (exact) mass is 226 g/mol. The van der Waals surface area contributed by atoms with Crippen LogP contribution in [0.15, 0.2) is 0 Å². The number of carbonyl (C=O) groups excluding carboxylic acids is 1. The van der Waals surface area contributed by atoms with E-state index >= 15 is 0 Å². The van der Waals surface area contributed by atoms with Crippen LogP contribution in [0.5, 0.6) is 0 Å². The second-order valence-corrected chi connectivity index (χ2v) is 5.81. The van der Waals surface area contributed by atoms with Gasteiger partial charge in [-0.2, -0.15) is 0 Å². The Morgan fingerprint density at radius 3 is 2.62 bits per heavy atom. The van der Waals surface area contributed by atoms with E-state index in [2.05, 4.69) is 37.9 Å². The molecule has 0 saturated carbocycles. The molecule has 1 aliphatic heterocycles. The van der Waals surface area contributed by atoms with Gasteiger partial charge in [0.2, 0.25) is 5.91 Å². The molecule has 3 nitrogen and oxygen atoms in total. The second kappa shape index (κ2) is 5.17. The van der Waals surface area contributed by atoms with Crippen molar-refractivity contribution >= 4 is 5.91 Å². The van der Waals surface area contributed by atoms with Crippen LogP contribution in [0.3, 0.4) is 0 Å². The second-order valence-electron chi connectivity index (χ2n) is 5.81. The molecular weight excluding hydrogens is 200 g/mol. The highest BCUT2D eigenvalue weighted by atomic mass is 16.2. The summed E-state index contributed by atoms with van der Waals surface area (Å²) < 4.78 is 0. The van der Waals surface area contributed by atoms with Crippen LogP contribution < -0.4 is 5.32 Å². The van der Waals surface area contributed by atoms with Crippen molar-refractivity contribution in [2.45, 2.75) is 71.5 Å². The average Bonchev–Trinajstić information content (AvgIpc) is 2.12. The van der Waals surface area contributed by atoms with Crippen molar-refractivity contribution < 1.29 is 4.79 Å². The third-order valence-corrected chi connectivity index (χ3v) is 3.44. The van der Waals surface area contributed by atoms with Crippen molar-refractivity contribution in [2.24, 2.45) is 0 Å². The summed E-state index contributed by atoms with van der Waals surface area (Å²) in [5.74, 6) is 0.209. The van der Waals surface area contributed by atoms with Crippen molar-refractivity contribution in [1.82, 2.24) is 10.2 Å². The zero-order chi connectivity index (χ0) is 12.3. The first-order valence-corrected chi connectivity index (χ1v) is 6.38. The summed E-state index contributed by atoms with van der Waals surface area (Å²) in [4.78, 5) is 13.8. The normalized spacial score (nSPS) is 24.9. The molecule has 0 spiro atoms. The van der Waals surface area contributed by atoms with Gasteiger partial charge < -0.3 is 10.2 Å². The molecule has 3 heteroatoms. The molecule has 1 aliphatic rings. The Labute approximate surface area is 99.6 Å². The molecule has 0 aromatic carbocycles. The molecule has 1 heterocycles. The van der Waals surface area contributed by atoms with Crippen molar-refractivity contribution in [3.05, 3.63) is 0 Å². The number of likely N-dealkylation sites (tertiary alicyclic amines) is 1. The maximum atomic E-state index is 11.8. The first-order valence-electron chi connectivity index (χ1n) is 6.38. The summed E-state index contributed by atoms with van der Waals surface area (Å²) in [5.41, 5.74) is 0.0212. The van der Waals surface area contributed by atoms with Crippen LogP contribution in [0.25, 0.3) is 0 Å². The van der Waals surface area contributed by atoms with Crippen LogP contribution in [0, 0.1) is 0 Å². The molecule has 1 rings (SSSR count). The average molecular weight is 226 g/mol. The van der Waals surface area contributed by atoms with E-state index in [0.29, 0.717) is 12.1 Å². The zero-order valence-electron chi connectivity index (χ0n) is 11.3. The van der Waals surface area contributed by atoms with Gasteiger partial charge in [-0.3, -0.25) is 4.79 Å². The third kappa shape index (κ3) is 3.21. The lowest BCUT2D eigenvalue weighted by molar-refractivity contribution is -0.140. The van der Waals surface area contributed by atoms with Gasteiger partial charge in [0.15, 0.2) is 0 Å². The lowest BCUT2D eigenvalue weighted by Gasteiger charge is -2.47. The van der Waals surface area contributed by atoms with Crippen LogP contribution in [0.1, 0.15) is 53.9 Å². The molecule has 1 fully saturated rings. The van der Waals surface area contributed by atoms with Crippen LogP contribution in [-0.2, 0) is 4.79 Å². The van der Waals surface area contributed by atoms with E-state index in [0.717, 1.165) is 19.4 Å². The molecule has 1 saturated heterocycles. The smallest absolute Gasteiger partial charge is 0.220 e. The fraction of sp³-hybridized carbons (Fsp3) is 0.923. The minimum atomic E-state index is 0.0212. The molecule has 1 atom stereocenters. The summed E-state index contributed by atoms with van der Waals surface area (Å²) in [6.07, 6.45) is 3.47. The summed E-state index contributed by atoms with van der Waals surface area (Å²) >= 11 is 0. The number of piperidine rings is 1. The van der Waals surface area contributed by atoms with Gasteiger partial charge in [-0.25, -0.2) is 0 Å². The summed E-state index contributed by atoms with van der Waals surface area (Å²) in [5, 5.41) is 3.44. The van der Waals surface area contributed by atoms with Gasteiger partial charge in [0, 0.05) is 31.1 Å². The number of amides is 1. The SMILES string of the molecule is CC(=O)N1C(CNC(C)C)CCCC1(C)C. The van der Waals surface area contributed by atoms with Gasteiger partial charge in [0.05, 0.1) is 0 Å². The Bertz CT molecular complexity index is 248. The number of rotatable bonds is 3. The number of nitrogens with zero attached hydrogens (tertiary/aromatic N) is 1. The lowest BCUT2D eigenvalue weighted by atomic mass is 9.86. The fourth-order valence-corrected chi connectivity index (χ4v) is 2.76. The zero-order valence-corrected chi connectivity index (χ0v) is 11.3. The van der Waals surface area contributed by atoms with E-state index < -0.39 is 0 Å². The molecule has 94 valence electrons. The largest absolute Gasteiger partial charge is 0.334 e. The van der Waals surface area contributed by atoms with Gasteiger partial charge in [0.25, 0.3) is 0 Å². The van der Waals surface area contributed by atoms with Crippen molar-refractivity contribution in [3.63, 3.8) is 0 Å². The van der Waals surface area contributed by atoms with Gasteiger partial charge in [-0.15, -0.1) is 0 Å². The van der Waals surface area contributed by atoms with Crippen molar-refractivity contribution in [3.8, 4) is 0 Å². The minimum Gasteiger partial charge on any atom is -0.334 e. The van der Waals surface area contributed by atoms with E-state index in [1.807, 2.05) is 0 Å². The van der Waals surface area contributed by atoms with Gasteiger partial charge >= 0.3 is 0 Å². The highest BCUT2D eigenvalue weighted by Crippen LogP contribution is 2.31. The lowest BCUT2D eigenvalue weighted by Crippen LogP contribution is -2.58. The molecule has 0 aliphatic carbocycles. The number of nitrogens with one attached hydrogen (secondary N) is 1. The molecule has 0 aromatic heterocycles. The Kier molecular flexibility index (Phi) is 4.36. The molecule has 0 radical (unpaired) electrons. The maximum Gasteiger partial charge on any atom is 0.220 e. The van der Waals surface area contributed by atoms with Crippen LogP contribution >= 0.6 is 0 Å². The maximum absolute atomic E-state index is 11.8. The number of hydrogen-bond acceptors (Lipinski definition) is 2. The molecular formula is C13H26N2O. The van der Waals surface area contributed by atoms with Crippen LogP contribution in [-0.4, -0.2) is 35.0 Å². The minimum absolute atomic E-state index is 0.0212. The van der Waals surface area contributed by atoms with Crippen molar-refractivity contribution in [2.75, 3.05) is 6.54 Å². The first kappa shape index (κ1) is 13.5. The van der Waals surface area contributed by atoms with Crippen LogP contribution in [0.2, 0.25) is 0 Å². The molecule has 1 unspecified atom stereocenters. The predicted octanol–water partition coefficient (Wildman–Crippen LogP) is 2.16. The summed E-state index contributed by atoms with van der Waals surface area (Å²) in [7, 11) is 0. The summed E-state index contributed by atoms with van der Waals surface area (Å²) in [6, 6.07) is 0.850. The predicted molar refractivity (Wildman–Crippen MR) is 67.4 cm³/mol. The van der Waals surface area contributed by atoms with Gasteiger partial charge in [-0.1, -0.05) is 13.8 Å². The van der Waals surface area contributed by atoms with E-state index in [9.17, 15) is 4.79 Å². The van der Waals surface area contributed by atoms with E-state index in [1.54, 1.807) is 6.92 Å². The fourth-order valence-electron chi connectivity index (χ4n) is 2.76. The van der Waals surface area contributed by atoms with E-state index in [1.165, 1.54) is 6.42 Å².